The summed E-state index contributed by atoms with van der Waals surface area (Å²) in [5.41, 5.74) is -0.263. The molecule has 0 aliphatic heterocycles. The smallest absolute Gasteiger partial charge is 0.0886 e. The van der Waals surface area contributed by atoms with Gasteiger partial charge in [-0.25, -0.2) is 0 Å². The molecule has 2 nitrogen and oxygen atoms in total. The lowest BCUT2D eigenvalue weighted by molar-refractivity contribution is -0.0457. The van der Waals surface area contributed by atoms with Gasteiger partial charge in [-0.1, -0.05) is 28.8 Å². The van der Waals surface area contributed by atoms with Crippen LogP contribution in [0.2, 0.25) is 0 Å². The van der Waals surface area contributed by atoms with Crippen molar-refractivity contribution in [2.24, 2.45) is 0 Å². The van der Waals surface area contributed by atoms with Gasteiger partial charge in [-0.2, -0.15) is 0 Å². The molecule has 90 valence electrons. The maximum absolute atomic E-state index is 5.82. The monoisotopic (exact) mass is 298 g/mol. The molecule has 1 fully saturated rings. The zero-order valence-electron chi connectivity index (χ0n) is 9.31. The first-order valence-electron chi connectivity index (χ1n) is 5.58. The van der Waals surface area contributed by atoms with Crippen molar-refractivity contribution in [2.75, 3.05) is 24.4 Å². The maximum Gasteiger partial charge on any atom is 0.0886 e. The molecule has 0 saturated heterocycles. The second kappa shape index (κ2) is 7.10. The van der Waals surface area contributed by atoms with E-state index in [0.29, 0.717) is 25.2 Å². The number of hydrogen-bond donors (Lipinski definition) is 0. The molecule has 1 saturated carbocycles. The molecule has 0 N–H and O–H groups in total. The number of halogens is 2. The minimum atomic E-state index is -0.263. The quantitative estimate of drug-likeness (QED) is 0.530. The van der Waals surface area contributed by atoms with Crippen molar-refractivity contribution in [3.63, 3.8) is 0 Å². The Morgan fingerprint density at radius 1 is 1.33 bits per heavy atom. The van der Waals surface area contributed by atoms with E-state index in [1.165, 1.54) is 25.7 Å². The highest BCUT2D eigenvalue weighted by atomic mass is 79.9. The molecule has 0 aromatic rings. The molecule has 1 aliphatic rings. The average Bonchev–Trinajstić information content (AvgIpc) is 2.77. The van der Waals surface area contributed by atoms with Crippen LogP contribution in [0.25, 0.3) is 0 Å². The Morgan fingerprint density at radius 2 is 2.00 bits per heavy atom. The van der Waals surface area contributed by atoms with Gasteiger partial charge in [-0.3, -0.25) is 0 Å². The van der Waals surface area contributed by atoms with Crippen LogP contribution in [0.15, 0.2) is 0 Å². The van der Waals surface area contributed by atoms with Crippen LogP contribution in [-0.4, -0.2) is 36.1 Å². The van der Waals surface area contributed by atoms with Gasteiger partial charge in [-0.05, 0) is 19.8 Å². The van der Waals surface area contributed by atoms with Gasteiger partial charge in [-0.15, -0.1) is 11.6 Å². The molecule has 1 aliphatic carbocycles. The molecular weight excluding hydrogens is 279 g/mol. The van der Waals surface area contributed by atoms with Crippen LogP contribution in [0.4, 0.5) is 0 Å². The van der Waals surface area contributed by atoms with Gasteiger partial charge in [0.05, 0.1) is 30.8 Å². The van der Waals surface area contributed by atoms with Gasteiger partial charge < -0.3 is 9.47 Å². The predicted molar refractivity (Wildman–Crippen MR) is 67.1 cm³/mol. The predicted octanol–water partition coefficient (Wildman–Crippen LogP) is 3.35. The van der Waals surface area contributed by atoms with Crippen molar-refractivity contribution < 1.29 is 9.47 Å². The van der Waals surface area contributed by atoms with Crippen LogP contribution in [-0.2, 0) is 9.47 Å². The lowest BCUT2D eigenvalue weighted by atomic mass is 10.2. The van der Waals surface area contributed by atoms with Crippen molar-refractivity contribution in [2.45, 2.75) is 44.3 Å². The van der Waals surface area contributed by atoms with E-state index in [1.54, 1.807) is 0 Å². The molecular formula is C11H20BrClO2. The number of rotatable bonds is 7. The molecule has 0 aromatic carbocycles. The van der Waals surface area contributed by atoms with E-state index < -0.39 is 0 Å². The highest BCUT2D eigenvalue weighted by molar-refractivity contribution is 9.09. The van der Waals surface area contributed by atoms with E-state index in [4.69, 9.17) is 21.1 Å². The Hall–Kier alpha value is 0.690. The van der Waals surface area contributed by atoms with Crippen LogP contribution in [0.5, 0.6) is 0 Å². The molecule has 0 bridgehead atoms. The third-order valence-corrected chi connectivity index (χ3v) is 4.51. The molecule has 1 rings (SSSR count). The summed E-state index contributed by atoms with van der Waals surface area (Å²) in [5.74, 6) is 0.502. The zero-order valence-corrected chi connectivity index (χ0v) is 11.6. The molecule has 0 amide bonds. The fourth-order valence-electron chi connectivity index (χ4n) is 1.67. The molecule has 15 heavy (non-hydrogen) atoms. The first kappa shape index (κ1) is 13.8. The van der Waals surface area contributed by atoms with E-state index in [-0.39, 0.29) is 5.60 Å². The van der Waals surface area contributed by atoms with Crippen LogP contribution in [0.1, 0.15) is 32.6 Å². The summed E-state index contributed by atoms with van der Waals surface area (Å²) >= 11 is 9.22. The molecule has 0 heterocycles. The second-order valence-corrected chi connectivity index (χ2v) is 5.17. The molecule has 0 radical (unpaired) electrons. The van der Waals surface area contributed by atoms with Crippen molar-refractivity contribution in [1.29, 1.82) is 0 Å². The number of alkyl halides is 2. The number of hydrogen-bond acceptors (Lipinski definition) is 2. The van der Waals surface area contributed by atoms with Gasteiger partial charge in [0.2, 0.25) is 0 Å². The topological polar surface area (TPSA) is 18.5 Å². The van der Waals surface area contributed by atoms with Crippen LogP contribution in [0.3, 0.4) is 0 Å². The van der Waals surface area contributed by atoms with Gasteiger partial charge in [0.15, 0.2) is 0 Å². The summed E-state index contributed by atoms with van der Waals surface area (Å²) in [7, 11) is 0. The summed E-state index contributed by atoms with van der Waals surface area (Å²) in [4.78, 5) is 0. The van der Waals surface area contributed by atoms with Crippen molar-refractivity contribution in [3.05, 3.63) is 0 Å². The normalized spacial score (nSPS) is 21.8. The van der Waals surface area contributed by atoms with Gasteiger partial charge in [0.1, 0.15) is 0 Å². The van der Waals surface area contributed by atoms with Crippen molar-refractivity contribution in [3.8, 4) is 0 Å². The summed E-state index contributed by atoms with van der Waals surface area (Å²) in [5, 5.41) is 0.757. The van der Waals surface area contributed by atoms with Crippen LogP contribution < -0.4 is 0 Å². The minimum Gasteiger partial charge on any atom is -0.376 e. The molecule has 0 spiro atoms. The Balaban J connectivity index is 2.04. The lowest BCUT2D eigenvalue weighted by Gasteiger charge is -2.25. The van der Waals surface area contributed by atoms with Crippen LogP contribution >= 0.6 is 27.5 Å². The molecule has 0 aromatic heterocycles. The molecule has 1 atom stereocenters. The fraction of sp³-hybridized carbons (Fsp3) is 1.00. The Bertz CT molecular complexity index is 168. The van der Waals surface area contributed by atoms with E-state index >= 15 is 0 Å². The largest absolute Gasteiger partial charge is 0.376 e. The van der Waals surface area contributed by atoms with Gasteiger partial charge in [0.25, 0.3) is 0 Å². The zero-order chi connectivity index (χ0) is 11.1. The summed E-state index contributed by atoms with van der Waals surface area (Å²) < 4.78 is 11.4. The SMILES string of the molecule is CC(CCl)(CBr)OCCOC1CCCC1. The number of ether oxygens (including phenoxy) is 2. The third kappa shape index (κ3) is 5.03. The van der Waals surface area contributed by atoms with Gasteiger partial charge in [0, 0.05) is 5.33 Å². The van der Waals surface area contributed by atoms with E-state index in [0.717, 1.165) is 5.33 Å². The first-order valence-corrected chi connectivity index (χ1v) is 7.23. The highest BCUT2D eigenvalue weighted by Gasteiger charge is 2.22. The molecule has 4 heteroatoms. The average molecular weight is 300 g/mol. The lowest BCUT2D eigenvalue weighted by Crippen LogP contribution is -2.34. The van der Waals surface area contributed by atoms with E-state index in [2.05, 4.69) is 15.9 Å². The van der Waals surface area contributed by atoms with Gasteiger partial charge >= 0.3 is 0 Å². The summed E-state index contributed by atoms with van der Waals surface area (Å²) in [6, 6.07) is 0. The third-order valence-electron chi connectivity index (χ3n) is 2.75. The summed E-state index contributed by atoms with van der Waals surface area (Å²) in [6.45, 7) is 3.32. The summed E-state index contributed by atoms with van der Waals surface area (Å²) in [6.07, 6.45) is 5.52. The van der Waals surface area contributed by atoms with E-state index in [1.807, 2.05) is 6.92 Å². The maximum atomic E-state index is 5.82. The highest BCUT2D eigenvalue weighted by Crippen LogP contribution is 2.21. The molecule has 1 unspecified atom stereocenters. The first-order chi connectivity index (χ1) is 7.20. The Morgan fingerprint density at radius 3 is 2.53 bits per heavy atom. The van der Waals surface area contributed by atoms with Crippen molar-refractivity contribution >= 4 is 27.5 Å². The standard InChI is InChI=1S/C11H20BrClO2/c1-11(8-12,9-13)15-7-6-14-10-4-2-3-5-10/h10H,2-9H2,1H3. The Kier molecular flexibility index (Phi) is 6.51. The Labute approximate surface area is 106 Å². The second-order valence-electron chi connectivity index (χ2n) is 4.34. The van der Waals surface area contributed by atoms with Crippen molar-refractivity contribution in [1.82, 2.24) is 0 Å². The minimum absolute atomic E-state index is 0.263. The van der Waals surface area contributed by atoms with E-state index in [9.17, 15) is 0 Å². The fourth-order valence-corrected chi connectivity index (χ4v) is 2.43. The van der Waals surface area contributed by atoms with Crippen LogP contribution in [0, 0.1) is 0 Å².